The number of rotatable bonds is 5. The van der Waals surface area contributed by atoms with Gasteiger partial charge in [-0.1, -0.05) is 69.2 Å². The summed E-state index contributed by atoms with van der Waals surface area (Å²) in [6, 6.07) is 24.0. The Balaban J connectivity index is 1.90. The predicted molar refractivity (Wildman–Crippen MR) is 107 cm³/mol. The fourth-order valence-electron chi connectivity index (χ4n) is 2.90. The lowest BCUT2D eigenvalue weighted by molar-refractivity contribution is 0.0797. The zero-order valence-corrected chi connectivity index (χ0v) is 15.5. The third-order valence-corrected chi connectivity index (χ3v) is 5.54. The molecule has 128 valence electrons. The molecule has 3 heteroatoms. The smallest absolute Gasteiger partial charge is 0.123 e. The van der Waals surface area contributed by atoms with Crippen molar-refractivity contribution in [2.75, 3.05) is 0 Å². The van der Waals surface area contributed by atoms with Crippen LogP contribution in [0, 0.1) is 0 Å². The second-order valence-corrected chi connectivity index (χ2v) is 8.07. The van der Waals surface area contributed by atoms with E-state index in [1.807, 2.05) is 48.5 Å². The maximum Gasteiger partial charge on any atom is 0.123 e. The molecule has 0 fully saturated rings. The Kier molecular flexibility index (Phi) is 5.22. The summed E-state index contributed by atoms with van der Waals surface area (Å²) in [5.74, 6) is 0.306. The first kappa shape index (κ1) is 17.7. The van der Waals surface area contributed by atoms with Gasteiger partial charge in [-0.2, -0.15) is 0 Å². The lowest BCUT2D eigenvalue weighted by Crippen LogP contribution is -2.24. The van der Waals surface area contributed by atoms with Crippen molar-refractivity contribution in [3.05, 3.63) is 89.5 Å². The molecule has 1 atom stereocenters. The summed E-state index contributed by atoms with van der Waals surface area (Å²) < 4.78 is 0. The predicted octanol–water partition coefficient (Wildman–Crippen LogP) is 3.84. The third kappa shape index (κ3) is 4.48. The first-order valence-corrected chi connectivity index (χ1v) is 9.38. The van der Waals surface area contributed by atoms with Crippen LogP contribution in [0.2, 0.25) is 0 Å². The van der Waals surface area contributed by atoms with Gasteiger partial charge in [0.15, 0.2) is 0 Å². The average molecular weight is 350 g/mol. The summed E-state index contributed by atoms with van der Waals surface area (Å²) in [4.78, 5) is 0. The van der Waals surface area contributed by atoms with Crippen LogP contribution in [-0.2, 0) is 12.0 Å². The number of hydrogen-bond acceptors (Lipinski definition) is 2. The molecule has 3 rings (SSSR count). The van der Waals surface area contributed by atoms with Gasteiger partial charge in [-0.25, -0.2) is 0 Å². The molecule has 0 saturated carbocycles. The van der Waals surface area contributed by atoms with Gasteiger partial charge in [-0.3, -0.25) is 0 Å². The summed E-state index contributed by atoms with van der Waals surface area (Å²) in [5.41, 5.74) is 2.42. The van der Waals surface area contributed by atoms with Crippen molar-refractivity contribution in [1.29, 1.82) is 0 Å². The quantitative estimate of drug-likeness (QED) is 0.687. The van der Waals surface area contributed by atoms with E-state index in [2.05, 4.69) is 18.2 Å². The highest BCUT2D eigenvalue weighted by Gasteiger charge is 2.20. The molecule has 0 heterocycles. The van der Waals surface area contributed by atoms with Crippen LogP contribution in [0.25, 0.3) is 0 Å². The second-order valence-electron chi connectivity index (χ2n) is 6.74. The standard InChI is InChI=1S/C22H23O2P/c1-22(2,24)18-10-6-7-11-20(18)25-21-15-17(12-13-19(21)23)14-16-8-4-3-5-9-16/h3-13,15,23-25H,14H2,1-2H3. The Bertz CT molecular complexity index is 851. The van der Waals surface area contributed by atoms with Crippen molar-refractivity contribution < 1.29 is 10.2 Å². The van der Waals surface area contributed by atoms with Gasteiger partial charge in [0.25, 0.3) is 0 Å². The van der Waals surface area contributed by atoms with E-state index >= 15 is 0 Å². The summed E-state index contributed by atoms with van der Waals surface area (Å²) in [6.45, 7) is 3.59. The van der Waals surface area contributed by atoms with E-state index in [1.165, 1.54) is 11.1 Å². The molecule has 25 heavy (non-hydrogen) atoms. The first-order valence-electron chi connectivity index (χ1n) is 8.38. The molecule has 0 aliphatic rings. The van der Waals surface area contributed by atoms with Gasteiger partial charge in [0.1, 0.15) is 5.75 Å². The minimum atomic E-state index is -0.902. The number of benzene rings is 3. The van der Waals surface area contributed by atoms with Gasteiger partial charge in [-0.05, 0) is 54.4 Å². The Morgan fingerprint density at radius 1 is 0.800 bits per heavy atom. The zero-order chi connectivity index (χ0) is 17.9. The first-order chi connectivity index (χ1) is 11.9. The van der Waals surface area contributed by atoms with Crippen molar-refractivity contribution in [3.63, 3.8) is 0 Å². The van der Waals surface area contributed by atoms with Gasteiger partial charge in [0.05, 0.1) is 5.60 Å². The van der Waals surface area contributed by atoms with E-state index in [0.717, 1.165) is 22.6 Å². The van der Waals surface area contributed by atoms with Crippen LogP contribution in [0.4, 0.5) is 0 Å². The number of phenolic OH excluding ortho intramolecular Hbond substituents is 1. The van der Waals surface area contributed by atoms with Crippen LogP contribution in [0.1, 0.15) is 30.5 Å². The number of hydrogen-bond donors (Lipinski definition) is 2. The topological polar surface area (TPSA) is 40.5 Å². The number of phenols is 1. The molecule has 0 aromatic heterocycles. The Morgan fingerprint density at radius 3 is 2.20 bits per heavy atom. The van der Waals surface area contributed by atoms with Crippen molar-refractivity contribution in [3.8, 4) is 5.75 Å². The van der Waals surface area contributed by atoms with Crippen molar-refractivity contribution in [2.45, 2.75) is 25.9 Å². The molecule has 0 spiro atoms. The maximum absolute atomic E-state index is 10.4. The molecule has 3 aromatic rings. The molecule has 3 aromatic carbocycles. The van der Waals surface area contributed by atoms with E-state index in [9.17, 15) is 10.2 Å². The average Bonchev–Trinajstić information content (AvgIpc) is 2.58. The molecular formula is C22H23O2P. The lowest BCUT2D eigenvalue weighted by Gasteiger charge is -2.22. The number of aliphatic hydroxyl groups is 1. The summed E-state index contributed by atoms with van der Waals surface area (Å²) in [7, 11) is 0.295. The number of aromatic hydroxyl groups is 1. The van der Waals surface area contributed by atoms with Crippen LogP contribution in [0.3, 0.4) is 0 Å². The molecule has 0 amide bonds. The Morgan fingerprint density at radius 2 is 1.48 bits per heavy atom. The highest BCUT2D eigenvalue weighted by atomic mass is 31.1. The molecule has 0 bridgehead atoms. The molecular weight excluding hydrogens is 327 g/mol. The molecule has 0 radical (unpaired) electrons. The van der Waals surface area contributed by atoms with E-state index in [1.54, 1.807) is 19.9 Å². The normalized spacial score (nSPS) is 12.0. The third-order valence-electron chi connectivity index (χ3n) is 4.17. The van der Waals surface area contributed by atoms with Crippen LogP contribution in [0.5, 0.6) is 5.75 Å². The fraction of sp³-hybridized carbons (Fsp3) is 0.182. The van der Waals surface area contributed by atoms with Crippen LogP contribution >= 0.6 is 8.58 Å². The van der Waals surface area contributed by atoms with Gasteiger partial charge in [0, 0.05) is 5.30 Å². The van der Waals surface area contributed by atoms with Crippen molar-refractivity contribution in [2.24, 2.45) is 0 Å². The van der Waals surface area contributed by atoms with E-state index in [-0.39, 0.29) is 0 Å². The molecule has 0 aliphatic carbocycles. The van der Waals surface area contributed by atoms with E-state index < -0.39 is 5.60 Å². The maximum atomic E-state index is 10.4. The largest absolute Gasteiger partial charge is 0.507 e. The molecule has 2 N–H and O–H groups in total. The van der Waals surface area contributed by atoms with Crippen molar-refractivity contribution in [1.82, 2.24) is 0 Å². The van der Waals surface area contributed by atoms with Crippen molar-refractivity contribution >= 4 is 19.2 Å². The summed E-state index contributed by atoms with van der Waals surface area (Å²) >= 11 is 0. The Hall–Kier alpha value is -2.15. The fourth-order valence-corrected chi connectivity index (χ4v) is 4.36. The molecule has 1 unspecified atom stereocenters. The SMILES string of the molecule is CC(C)(O)c1ccccc1Pc1cc(Cc2ccccc2)ccc1O. The minimum absolute atomic E-state index is 0.295. The van der Waals surface area contributed by atoms with E-state index in [4.69, 9.17) is 0 Å². The minimum Gasteiger partial charge on any atom is -0.507 e. The van der Waals surface area contributed by atoms with E-state index in [0.29, 0.717) is 14.3 Å². The van der Waals surface area contributed by atoms with Crippen LogP contribution in [0.15, 0.2) is 72.8 Å². The zero-order valence-electron chi connectivity index (χ0n) is 14.5. The highest BCUT2D eigenvalue weighted by molar-refractivity contribution is 7.55. The van der Waals surface area contributed by atoms with Gasteiger partial charge < -0.3 is 10.2 Å². The van der Waals surface area contributed by atoms with Gasteiger partial charge in [0.2, 0.25) is 0 Å². The molecule has 0 saturated heterocycles. The molecule has 0 aliphatic heterocycles. The van der Waals surface area contributed by atoms with Crippen LogP contribution in [-0.4, -0.2) is 10.2 Å². The monoisotopic (exact) mass is 350 g/mol. The molecule has 2 nitrogen and oxygen atoms in total. The summed E-state index contributed by atoms with van der Waals surface area (Å²) in [5, 5.41) is 22.7. The van der Waals surface area contributed by atoms with Gasteiger partial charge in [-0.15, -0.1) is 0 Å². The lowest BCUT2D eigenvalue weighted by atomic mass is 9.99. The summed E-state index contributed by atoms with van der Waals surface area (Å²) in [6.07, 6.45) is 0.839. The second kappa shape index (κ2) is 7.39. The highest BCUT2D eigenvalue weighted by Crippen LogP contribution is 2.26. The van der Waals surface area contributed by atoms with Crippen LogP contribution < -0.4 is 10.6 Å². The Labute approximate surface area is 151 Å². The van der Waals surface area contributed by atoms with Gasteiger partial charge >= 0.3 is 0 Å².